The Balaban J connectivity index is 2.17. The molecular formula is C21H19NO3. The van der Waals surface area contributed by atoms with Gasteiger partial charge >= 0.3 is 0 Å². The lowest BCUT2D eigenvalue weighted by Crippen LogP contribution is -1.94. The van der Waals surface area contributed by atoms with E-state index in [1.165, 1.54) is 5.56 Å². The van der Waals surface area contributed by atoms with Crippen molar-refractivity contribution in [3.8, 4) is 22.6 Å². The highest BCUT2D eigenvalue weighted by molar-refractivity contribution is 6.08. The van der Waals surface area contributed by atoms with Gasteiger partial charge in [-0.25, -0.2) is 0 Å². The third-order valence-corrected chi connectivity index (χ3v) is 4.83. The molecule has 0 unspecified atom stereocenters. The molecule has 4 rings (SSSR count). The Morgan fingerprint density at radius 3 is 2.36 bits per heavy atom. The number of aromatic hydroxyl groups is 1. The van der Waals surface area contributed by atoms with E-state index >= 15 is 0 Å². The lowest BCUT2D eigenvalue weighted by atomic mass is 9.99. The zero-order chi connectivity index (χ0) is 17.7. The van der Waals surface area contributed by atoms with Gasteiger partial charge in [-0.3, -0.25) is 4.79 Å². The highest BCUT2D eigenvalue weighted by Gasteiger charge is 2.22. The Bertz CT molecular complexity index is 1090. The zero-order valence-electron chi connectivity index (χ0n) is 14.5. The molecule has 0 aliphatic heterocycles. The van der Waals surface area contributed by atoms with Gasteiger partial charge in [0.1, 0.15) is 11.5 Å². The number of Topliss-reactive ketones (excluding diaryl/α,β-unsaturated/α-hetero) is 1. The molecule has 4 nitrogen and oxygen atoms in total. The molecule has 0 atom stereocenters. The molecule has 126 valence electrons. The van der Waals surface area contributed by atoms with Crippen LogP contribution in [0.1, 0.15) is 29.8 Å². The number of pyridine rings is 1. The third kappa shape index (κ3) is 2.18. The van der Waals surface area contributed by atoms with Gasteiger partial charge in [0.15, 0.2) is 5.78 Å². The molecule has 1 aromatic carbocycles. The maximum absolute atomic E-state index is 12.1. The Kier molecular flexibility index (Phi) is 3.42. The van der Waals surface area contributed by atoms with Crippen molar-refractivity contribution >= 4 is 22.3 Å². The van der Waals surface area contributed by atoms with Gasteiger partial charge in [0.25, 0.3) is 0 Å². The number of phenols is 1. The number of rotatable bonds is 4. The Labute approximate surface area is 145 Å². The first-order valence-corrected chi connectivity index (χ1v) is 8.33. The summed E-state index contributed by atoms with van der Waals surface area (Å²) in [6, 6.07) is 13.1. The average molecular weight is 333 g/mol. The maximum atomic E-state index is 12.1. The lowest BCUT2D eigenvalue weighted by Gasteiger charge is -2.06. The number of phenolic OH excluding ortho intramolecular Hbond substituents is 1. The summed E-state index contributed by atoms with van der Waals surface area (Å²) in [6.07, 6.45) is 0.857. The fourth-order valence-electron chi connectivity index (χ4n) is 3.70. The molecule has 0 aliphatic carbocycles. The maximum Gasteiger partial charge on any atom is 0.161 e. The Morgan fingerprint density at radius 1 is 1.08 bits per heavy atom. The van der Waals surface area contributed by atoms with Crippen molar-refractivity contribution in [1.82, 2.24) is 4.40 Å². The molecule has 0 bridgehead atoms. The topological polar surface area (TPSA) is 50.9 Å². The van der Waals surface area contributed by atoms with Crippen LogP contribution in [0.25, 0.3) is 27.7 Å². The van der Waals surface area contributed by atoms with Gasteiger partial charge in [0.05, 0.1) is 23.7 Å². The Hall–Kier alpha value is -3.01. The van der Waals surface area contributed by atoms with Crippen molar-refractivity contribution in [2.75, 3.05) is 7.11 Å². The number of ketones is 1. The van der Waals surface area contributed by atoms with Crippen LogP contribution in [0.5, 0.6) is 11.5 Å². The molecule has 4 heteroatoms. The SMILES string of the molecule is CCc1c(-c2ccc(O)cc2)c2cc(C(C)=O)c3cc(OC)cc1n32. The number of methoxy groups -OCH3 is 1. The highest BCUT2D eigenvalue weighted by atomic mass is 16.5. The monoisotopic (exact) mass is 333 g/mol. The molecule has 0 amide bonds. The van der Waals surface area contributed by atoms with Gasteiger partial charge in [-0.15, -0.1) is 0 Å². The van der Waals surface area contributed by atoms with Gasteiger partial charge in [-0.1, -0.05) is 19.1 Å². The molecule has 0 saturated carbocycles. The number of carbonyl (C=O) groups is 1. The predicted molar refractivity (Wildman–Crippen MR) is 99.1 cm³/mol. The number of benzene rings is 1. The van der Waals surface area contributed by atoms with Crippen LogP contribution in [0.15, 0.2) is 42.5 Å². The summed E-state index contributed by atoms with van der Waals surface area (Å²) < 4.78 is 7.60. The first-order chi connectivity index (χ1) is 12.0. The summed E-state index contributed by atoms with van der Waals surface area (Å²) in [7, 11) is 1.64. The number of ether oxygens (including phenoxy) is 1. The summed E-state index contributed by atoms with van der Waals surface area (Å²) >= 11 is 0. The van der Waals surface area contributed by atoms with Gasteiger partial charge < -0.3 is 14.2 Å². The van der Waals surface area contributed by atoms with E-state index in [-0.39, 0.29) is 11.5 Å². The molecule has 0 radical (unpaired) electrons. The summed E-state index contributed by atoms with van der Waals surface area (Å²) in [6.45, 7) is 3.71. The molecule has 0 aliphatic rings. The van der Waals surface area contributed by atoms with Crippen LogP contribution in [-0.2, 0) is 6.42 Å². The van der Waals surface area contributed by atoms with Gasteiger partial charge in [0.2, 0.25) is 0 Å². The van der Waals surface area contributed by atoms with E-state index < -0.39 is 0 Å². The minimum atomic E-state index is 0.0351. The quantitative estimate of drug-likeness (QED) is 0.552. The minimum absolute atomic E-state index is 0.0351. The third-order valence-electron chi connectivity index (χ3n) is 4.83. The summed E-state index contributed by atoms with van der Waals surface area (Å²) in [5.41, 5.74) is 6.98. The van der Waals surface area contributed by atoms with E-state index in [2.05, 4.69) is 11.3 Å². The van der Waals surface area contributed by atoms with Gasteiger partial charge in [0, 0.05) is 23.3 Å². The molecule has 25 heavy (non-hydrogen) atoms. The standard InChI is InChI=1S/C21H19NO3/c1-4-16-18-9-15(25-3)10-19-17(12(2)23)11-20(22(18)19)21(16)13-5-7-14(24)8-6-13/h5-11,24H,4H2,1-3H3. The fourth-order valence-corrected chi connectivity index (χ4v) is 3.70. The smallest absolute Gasteiger partial charge is 0.161 e. The molecule has 3 heterocycles. The molecule has 1 N–H and O–H groups in total. The first-order valence-electron chi connectivity index (χ1n) is 8.33. The minimum Gasteiger partial charge on any atom is -0.508 e. The molecule has 0 saturated heterocycles. The van der Waals surface area contributed by atoms with Crippen molar-refractivity contribution in [3.05, 3.63) is 53.6 Å². The van der Waals surface area contributed by atoms with Gasteiger partial charge in [-0.2, -0.15) is 0 Å². The number of aromatic nitrogens is 1. The van der Waals surface area contributed by atoms with Crippen molar-refractivity contribution < 1.29 is 14.6 Å². The number of hydrogen-bond acceptors (Lipinski definition) is 3. The zero-order valence-corrected chi connectivity index (χ0v) is 14.5. The normalized spacial score (nSPS) is 11.5. The van der Waals surface area contributed by atoms with E-state index in [1.807, 2.05) is 30.3 Å². The number of carbonyl (C=O) groups excluding carboxylic acids is 1. The van der Waals surface area contributed by atoms with Crippen molar-refractivity contribution in [2.24, 2.45) is 0 Å². The molecule has 0 fully saturated rings. The van der Waals surface area contributed by atoms with E-state index in [4.69, 9.17) is 4.74 Å². The molecular weight excluding hydrogens is 314 g/mol. The van der Waals surface area contributed by atoms with Gasteiger partial charge in [-0.05, 0) is 42.7 Å². The van der Waals surface area contributed by atoms with Crippen LogP contribution >= 0.6 is 0 Å². The van der Waals surface area contributed by atoms with E-state index in [1.54, 1.807) is 26.2 Å². The first kappa shape index (κ1) is 15.5. The fraction of sp³-hybridized carbons (Fsp3) is 0.190. The molecule has 3 aromatic heterocycles. The second-order valence-electron chi connectivity index (χ2n) is 6.25. The Morgan fingerprint density at radius 2 is 1.76 bits per heavy atom. The summed E-state index contributed by atoms with van der Waals surface area (Å²) in [5, 5.41) is 9.61. The lowest BCUT2D eigenvalue weighted by molar-refractivity contribution is 0.101. The van der Waals surface area contributed by atoms with Crippen LogP contribution in [-0.4, -0.2) is 22.4 Å². The van der Waals surface area contributed by atoms with Crippen molar-refractivity contribution in [3.63, 3.8) is 0 Å². The van der Waals surface area contributed by atoms with Crippen LogP contribution in [0.3, 0.4) is 0 Å². The number of nitrogens with zero attached hydrogens (tertiary/aromatic N) is 1. The van der Waals surface area contributed by atoms with Crippen molar-refractivity contribution in [2.45, 2.75) is 20.3 Å². The highest BCUT2D eigenvalue weighted by Crippen LogP contribution is 2.40. The average Bonchev–Trinajstić information content (AvgIpc) is 3.14. The van der Waals surface area contributed by atoms with Crippen molar-refractivity contribution in [1.29, 1.82) is 0 Å². The van der Waals surface area contributed by atoms with Crippen LogP contribution in [0, 0.1) is 0 Å². The van der Waals surface area contributed by atoms with E-state index in [0.29, 0.717) is 5.56 Å². The van der Waals surface area contributed by atoms with Crippen LogP contribution in [0.4, 0.5) is 0 Å². The summed E-state index contributed by atoms with van der Waals surface area (Å²) in [5.74, 6) is 1.02. The second-order valence-corrected chi connectivity index (χ2v) is 6.25. The molecule has 0 spiro atoms. The van der Waals surface area contributed by atoms with E-state index in [0.717, 1.165) is 39.8 Å². The van der Waals surface area contributed by atoms with E-state index in [9.17, 15) is 9.90 Å². The predicted octanol–water partition coefficient (Wildman–Crippen LogP) is 4.68. The summed E-state index contributed by atoms with van der Waals surface area (Å²) in [4.78, 5) is 12.1. The van der Waals surface area contributed by atoms with Crippen LogP contribution in [0.2, 0.25) is 0 Å². The number of hydrogen-bond donors (Lipinski definition) is 1. The van der Waals surface area contributed by atoms with Crippen LogP contribution < -0.4 is 4.74 Å². The second kappa shape index (κ2) is 5.52. The largest absolute Gasteiger partial charge is 0.508 e. The number of aryl methyl sites for hydroxylation is 1. The molecule has 4 aromatic rings.